The van der Waals surface area contributed by atoms with Crippen molar-refractivity contribution in [1.29, 1.82) is 0 Å². The number of rotatable bonds is 5. The van der Waals surface area contributed by atoms with Gasteiger partial charge in [0.2, 0.25) is 0 Å². The van der Waals surface area contributed by atoms with Crippen LogP contribution in [0.5, 0.6) is 0 Å². The van der Waals surface area contributed by atoms with Gasteiger partial charge in [0.25, 0.3) is 0 Å². The van der Waals surface area contributed by atoms with Gasteiger partial charge in [-0.2, -0.15) is 0 Å². The molecule has 8 atom stereocenters. The van der Waals surface area contributed by atoms with Crippen molar-refractivity contribution in [3.8, 4) is 0 Å². The van der Waals surface area contributed by atoms with E-state index in [1.165, 1.54) is 11.6 Å². The predicted molar refractivity (Wildman–Crippen MR) is 121 cm³/mol. The molecule has 170 valence electrons. The molecule has 3 aliphatic rings. The van der Waals surface area contributed by atoms with Gasteiger partial charge in [0.1, 0.15) is 11.7 Å². The van der Waals surface area contributed by atoms with Crippen molar-refractivity contribution >= 4 is 5.97 Å². The number of hydrogen-bond acceptors (Lipinski definition) is 4. The zero-order valence-electron chi connectivity index (χ0n) is 19.0. The Morgan fingerprint density at radius 2 is 2.10 bits per heavy atom. The zero-order valence-corrected chi connectivity index (χ0v) is 19.0. The van der Waals surface area contributed by atoms with Crippen LogP contribution in [0.3, 0.4) is 0 Å². The fourth-order valence-corrected chi connectivity index (χ4v) is 5.62. The lowest BCUT2D eigenvalue weighted by atomic mass is 9.56. The van der Waals surface area contributed by atoms with Crippen molar-refractivity contribution in [1.82, 2.24) is 0 Å². The average molecular weight is 429 g/mol. The molecule has 0 radical (unpaired) electrons. The van der Waals surface area contributed by atoms with Crippen molar-refractivity contribution in [2.45, 2.75) is 70.9 Å². The van der Waals surface area contributed by atoms with Gasteiger partial charge in [-0.1, -0.05) is 62.8 Å². The number of allylic oxidation sites excluding steroid dienone is 5. The topological polar surface area (TPSA) is 87.0 Å². The fourth-order valence-electron chi connectivity index (χ4n) is 5.62. The summed E-state index contributed by atoms with van der Waals surface area (Å²) in [6.45, 7) is 12.5. The monoisotopic (exact) mass is 428 g/mol. The lowest BCUT2D eigenvalue weighted by Gasteiger charge is -2.51. The first kappa shape index (κ1) is 23.7. The summed E-state index contributed by atoms with van der Waals surface area (Å²) in [4.78, 5) is 10.8. The number of fused-ring (bicyclic) bond motifs is 3. The number of carboxylic acid groups (broad SMARTS) is 1. The molecule has 0 aromatic heterocycles. The third-order valence-electron chi connectivity index (χ3n) is 7.51. The van der Waals surface area contributed by atoms with Gasteiger partial charge in [-0.25, -0.2) is 4.79 Å². The van der Waals surface area contributed by atoms with Crippen molar-refractivity contribution in [3.05, 3.63) is 59.8 Å². The maximum Gasteiger partial charge on any atom is 0.328 e. The van der Waals surface area contributed by atoms with Gasteiger partial charge in [-0.15, -0.1) is 0 Å². The van der Waals surface area contributed by atoms with Gasteiger partial charge >= 0.3 is 5.97 Å². The highest BCUT2D eigenvalue weighted by Crippen LogP contribution is 2.54. The van der Waals surface area contributed by atoms with Crippen LogP contribution in [0.1, 0.15) is 47.0 Å². The lowest BCUT2D eigenvalue weighted by molar-refractivity contribution is -0.131. The molecule has 1 fully saturated rings. The van der Waals surface area contributed by atoms with Crippen molar-refractivity contribution in [2.75, 3.05) is 0 Å². The Bertz CT molecular complexity index is 835. The third kappa shape index (κ3) is 4.36. The van der Waals surface area contributed by atoms with E-state index < -0.39 is 35.8 Å². The molecule has 3 N–H and O–H groups in total. The Labute approximate surface area is 185 Å². The van der Waals surface area contributed by atoms with Crippen LogP contribution in [0.25, 0.3) is 0 Å². The second-order valence-corrected chi connectivity index (χ2v) is 9.46. The fraction of sp³-hybridized carbons (Fsp3) is 0.577. The number of carboxylic acids is 1. The van der Waals surface area contributed by atoms with Gasteiger partial charge in [-0.05, 0) is 55.6 Å². The molecule has 0 aromatic rings. The number of ether oxygens (including phenoxy) is 1. The quantitative estimate of drug-likeness (QED) is 0.347. The predicted octanol–water partition coefficient (Wildman–Crippen LogP) is 4.19. The summed E-state index contributed by atoms with van der Waals surface area (Å²) in [5.41, 5.74) is 1.44. The summed E-state index contributed by atoms with van der Waals surface area (Å²) >= 11 is 0. The normalized spacial score (nSPS) is 39.5. The average Bonchev–Trinajstić information content (AvgIpc) is 2.80. The van der Waals surface area contributed by atoms with Crippen LogP contribution in [0, 0.1) is 23.7 Å². The van der Waals surface area contributed by atoms with E-state index in [1.807, 2.05) is 6.92 Å². The SMILES string of the molecule is C=C1[C@@H]([C@H](C)CC)O[C@H](/C=C/C=C/C(=O)O)[C@@H](O)[C@H]2[C@@H]3CC=C(C)C[C@H]3C=C(C)[C@@]12O. The summed E-state index contributed by atoms with van der Waals surface area (Å²) in [6, 6.07) is 0. The molecule has 0 bridgehead atoms. The maximum absolute atomic E-state index is 12.1. The Balaban J connectivity index is 2.08. The molecule has 0 amide bonds. The molecule has 0 aromatic carbocycles. The van der Waals surface area contributed by atoms with Crippen molar-refractivity contribution in [3.63, 3.8) is 0 Å². The van der Waals surface area contributed by atoms with E-state index in [9.17, 15) is 15.0 Å². The third-order valence-corrected chi connectivity index (χ3v) is 7.51. The molecule has 0 spiro atoms. The zero-order chi connectivity index (χ0) is 22.9. The first-order chi connectivity index (χ1) is 14.6. The van der Waals surface area contributed by atoms with Gasteiger partial charge in [0.05, 0.1) is 12.2 Å². The number of aliphatic hydroxyl groups is 2. The Hall–Kier alpha value is -1.95. The Morgan fingerprint density at radius 3 is 2.74 bits per heavy atom. The summed E-state index contributed by atoms with van der Waals surface area (Å²) in [5.74, 6) is -1.05. The smallest absolute Gasteiger partial charge is 0.328 e. The van der Waals surface area contributed by atoms with Crippen LogP contribution >= 0.6 is 0 Å². The van der Waals surface area contributed by atoms with Gasteiger partial charge in [0.15, 0.2) is 0 Å². The first-order valence-corrected chi connectivity index (χ1v) is 11.3. The standard InChI is InChI=1S/C26H36O5/c1-6-16(3)25-18(5)26(30)17(4)14-19-13-15(2)11-12-20(19)23(26)24(29)21(31-25)9-7-8-10-22(27)28/h7-11,14,16,19-21,23-25,29-30H,5-6,12-13H2,1-4H3,(H,27,28)/b9-7+,10-8+/t16-,19+,20-,21-,23-,24-,25-,26-/m1/s1. The highest BCUT2D eigenvalue weighted by atomic mass is 16.5. The van der Waals surface area contributed by atoms with E-state index in [4.69, 9.17) is 9.84 Å². The molecular formula is C26H36O5. The molecule has 0 saturated carbocycles. The number of aliphatic hydroxyl groups excluding tert-OH is 1. The van der Waals surface area contributed by atoms with Gasteiger partial charge in [0, 0.05) is 12.0 Å². The second-order valence-electron chi connectivity index (χ2n) is 9.46. The summed E-state index contributed by atoms with van der Waals surface area (Å²) in [7, 11) is 0. The Kier molecular flexibility index (Phi) is 7.09. The van der Waals surface area contributed by atoms with E-state index in [2.05, 4.69) is 39.5 Å². The summed E-state index contributed by atoms with van der Waals surface area (Å²) in [6.07, 6.45) is 10.6. The van der Waals surface area contributed by atoms with Crippen LogP contribution in [0.15, 0.2) is 59.8 Å². The van der Waals surface area contributed by atoms with E-state index >= 15 is 0 Å². The molecular weight excluding hydrogens is 392 g/mol. The number of aliphatic carboxylic acids is 1. The van der Waals surface area contributed by atoms with Crippen LogP contribution in [0.4, 0.5) is 0 Å². The molecule has 31 heavy (non-hydrogen) atoms. The molecule has 0 unspecified atom stereocenters. The molecule has 1 saturated heterocycles. The number of hydrogen-bond donors (Lipinski definition) is 3. The van der Waals surface area contributed by atoms with Gasteiger partial charge < -0.3 is 20.1 Å². The molecule has 1 aliphatic heterocycles. The van der Waals surface area contributed by atoms with Crippen molar-refractivity contribution in [2.24, 2.45) is 23.7 Å². The molecule has 5 heteroatoms. The van der Waals surface area contributed by atoms with Crippen LogP contribution < -0.4 is 0 Å². The summed E-state index contributed by atoms with van der Waals surface area (Å²) in [5, 5.41) is 32.5. The second kappa shape index (κ2) is 9.27. The molecule has 1 heterocycles. The highest BCUT2D eigenvalue weighted by Gasteiger charge is 2.58. The minimum absolute atomic E-state index is 0.0777. The maximum atomic E-state index is 12.1. The summed E-state index contributed by atoms with van der Waals surface area (Å²) < 4.78 is 6.38. The Morgan fingerprint density at radius 1 is 1.39 bits per heavy atom. The van der Waals surface area contributed by atoms with E-state index in [1.54, 1.807) is 12.2 Å². The van der Waals surface area contributed by atoms with Gasteiger partial charge in [-0.3, -0.25) is 0 Å². The minimum Gasteiger partial charge on any atom is -0.478 e. The molecule has 5 nitrogen and oxygen atoms in total. The van der Waals surface area contributed by atoms with E-state index in [0.717, 1.165) is 30.9 Å². The minimum atomic E-state index is -1.34. The van der Waals surface area contributed by atoms with Crippen molar-refractivity contribution < 1.29 is 24.9 Å². The van der Waals surface area contributed by atoms with Crippen LogP contribution in [0.2, 0.25) is 0 Å². The van der Waals surface area contributed by atoms with E-state index in [-0.39, 0.29) is 17.8 Å². The highest BCUT2D eigenvalue weighted by molar-refractivity contribution is 5.80. The lowest BCUT2D eigenvalue weighted by Crippen LogP contribution is -2.56. The number of carbonyl (C=O) groups is 1. The molecule has 3 rings (SSSR count). The first-order valence-electron chi connectivity index (χ1n) is 11.3. The van der Waals surface area contributed by atoms with E-state index in [0.29, 0.717) is 5.57 Å². The van der Waals surface area contributed by atoms with Crippen LogP contribution in [-0.2, 0) is 9.53 Å². The molecule has 2 aliphatic carbocycles. The van der Waals surface area contributed by atoms with Crippen LogP contribution in [-0.4, -0.2) is 45.2 Å². The largest absolute Gasteiger partial charge is 0.478 e.